The fraction of sp³-hybridized carbons (Fsp3) is 0.533. The molecule has 1 saturated carbocycles. The maximum atomic E-state index is 12.6. The highest BCUT2D eigenvalue weighted by atomic mass is 79.9. The predicted molar refractivity (Wildman–Crippen MR) is 80.1 cm³/mol. The molecule has 20 heavy (non-hydrogen) atoms. The van der Waals surface area contributed by atoms with Gasteiger partial charge in [0.25, 0.3) is 0 Å². The molecule has 1 aliphatic carbocycles. The number of β-amino-alcohol motifs (C(OH)–C–C–N with tert-alkyl or cyclic N) is 1. The monoisotopic (exact) mass is 338 g/mol. The van der Waals surface area contributed by atoms with Gasteiger partial charge in [-0.3, -0.25) is 4.79 Å². The summed E-state index contributed by atoms with van der Waals surface area (Å²) in [4.78, 5) is 14.6. The van der Waals surface area contributed by atoms with Crippen LogP contribution in [0.5, 0.6) is 0 Å². The average molecular weight is 339 g/mol. The zero-order chi connectivity index (χ0) is 14.1. The predicted octanol–water partition coefficient (Wildman–Crippen LogP) is 1.66. The third kappa shape index (κ3) is 3.05. The van der Waals surface area contributed by atoms with E-state index in [1.165, 1.54) is 0 Å². The Morgan fingerprint density at radius 3 is 2.75 bits per heavy atom. The molecule has 1 heterocycles. The number of carbonyl (C=O) groups excluding carboxylic acids is 1. The molecule has 2 fully saturated rings. The van der Waals surface area contributed by atoms with Crippen molar-refractivity contribution in [1.82, 2.24) is 10.2 Å². The fourth-order valence-electron chi connectivity index (χ4n) is 2.69. The van der Waals surface area contributed by atoms with Crippen LogP contribution in [-0.4, -0.2) is 40.6 Å². The SMILES string of the molecule is O=C(C1CC(O)CN1)N(Cc1ccccc1Br)C1CC1. The summed E-state index contributed by atoms with van der Waals surface area (Å²) in [6.07, 6.45) is 2.31. The minimum Gasteiger partial charge on any atom is -0.392 e. The van der Waals surface area contributed by atoms with Crippen LogP contribution in [0.25, 0.3) is 0 Å². The van der Waals surface area contributed by atoms with E-state index in [4.69, 9.17) is 0 Å². The second-order valence-corrected chi connectivity index (χ2v) is 6.49. The first-order valence-electron chi connectivity index (χ1n) is 7.10. The summed E-state index contributed by atoms with van der Waals surface area (Å²) in [5.41, 5.74) is 1.13. The van der Waals surface area contributed by atoms with Gasteiger partial charge >= 0.3 is 0 Å². The quantitative estimate of drug-likeness (QED) is 0.877. The van der Waals surface area contributed by atoms with E-state index in [1.807, 2.05) is 29.2 Å². The third-order valence-electron chi connectivity index (χ3n) is 3.97. The van der Waals surface area contributed by atoms with Crippen LogP contribution in [0.2, 0.25) is 0 Å². The maximum Gasteiger partial charge on any atom is 0.240 e. The molecule has 0 spiro atoms. The Labute approximate surface area is 127 Å². The van der Waals surface area contributed by atoms with Gasteiger partial charge in [0.05, 0.1) is 12.1 Å². The highest BCUT2D eigenvalue weighted by Crippen LogP contribution is 2.31. The number of nitrogens with one attached hydrogen (secondary N) is 1. The van der Waals surface area contributed by atoms with Gasteiger partial charge in [-0.2, -0.15) is 0 Å². The Balaban J connectivity index is 1.73. The van der Waals surface area contributed by atoms with E-state index in [9.17, 15) is 9.90 Å². The molecule has 1 saturated heterocycles. The molecule has 1 aliphatic heterocycles. The molecule has 1 aromatic rings. The molecule has 108 valence electrons. The summed E-state index contributed by atoms with van der Waals surface area (Å²) < 4.78 is 1.04. The van der Waals surface area contributed by atoms with Gasteiger partial charge in [-0.25, -0.2) is 0 Å². The normalized spacial score (nSPS) is 25.7. The average Bonchev–Trinajstić information content (AvgIpc) is 3.18. The Morgan fingerprint density at radius 1 is 1.40 bits per heavy atom. The first-order valence-corrected chi connectivity index (χ1v) is 7.90. The molecule has 0 bridgehead atoms. The van der Waals surface area contributed by atoms with Crippen molar-refractivity contribution >= 4 is 21.8 Å². The van der Waals surface area contributed by atoms with Crippen LogP contribution in [0, 0.1) is 0 Å². The topological polar surface area (TPSA) is 52.6 Å². The number of halogens is 1. The van der Waals surface area contributed by atoms with Crippen LogP contribution in [-0.2, 0) is 11.3 Å². The Hall–Kier alpha value is -0.910. The molecule has 2 unspecified atom stereocenters. The minimum atomic E-state index is -0.395. The highest BCUT2D eigenvalue weighted by Gasteiger charge is 2.38. The molecule has 0 aromatic heterocycles. The second-order valence-electron chi connectivity index (χ2n) is 5.64. The number of amides is 1. The molecule has 1 amide bonds. The van der Waals surface area contributed by atoms with Crippen molar-refractivity contribution in [3.05, 3.63) is 34.3 Å². The third-order valence-corrected chi connectivity index (χ3v) is 4.75. The second kappa shape index (κ2) is 5.84. The van der Waals surface area contributed by atoms with Gasteiger partial charge in [0.15, 0.2) is 0 Å². The van der Waals surface area contributed by atoms with Gasteiger partial charge in [0.1, 0.15) is 0 Å². The lowest BCUT2D eigenvalue weighted by atomic mass is 10.1. The molecule has 0 radical (unpaired) electrons. The van der Waals surface area contributed by atoms with Gasteiger partial charge in [0.2, 0.25) is 5.91 Å². The Bertz CT molecular complexity index is 504. The standard InChI is InChI=1S/C15H19BrN2O2/c16-13-4-2-1-3-10(13)9-18(11-5-6-11)15(20)14-7-12(19)8-17-14/h1-4,11-12,14,17,19H,5-9H2. The molecular weight excluding hydrogens is 320 g/mol. The molecular formula is C15H19BrN2O2. The molecule has 2 aliphatic rings. The van der Waals surface area contributed by atoms with Crippen LogP contribution in [0.15, 0.2) is 28.7 Å². The summed E-state index contributed by atoms with van der Waals surface area (Å²) in [6.45, 7) is 1.16. The Morgan fingerprint density at radius 2 is 2.15 bits per heavy atom. The first kappa shape index (κ1) is 14.0. The van der Waals surface area contributed by atoms with Crippen molar-refractivity contribution in [3.8, 4) is 0 Å². The van der Waals surface area contributed by atoms with Crippen molar-refractivity contribution in [1.29, 1.82) is 0 Å². The smallest absolute Gasteiger partial charge is 0.240 e. The number of nitrogens with zero attached hydrogens (tertiary/aromatic N) is 1. The number of hydrogen-bond acceptors (Lipinski definition) is 3. The number of rotatable bonds is 4. The summed E-state index contributed by atoms with van der Waals surface area (Å²) >= 11 is 3.54. The van der Waals surface area contributed by atoms with Crippen molar-refractivity contribution in [3.63, 3.8) is 0 Å². The van der Waals surface area contributed by atoms with E-state index in [-0.39, 0.29) is 11.9 Å². The molecule has 5 heteroatoms. The van der Waals surface area contributed by atoms with Crippen LogP contribution in [0.3, 0.4) is 0 Å². The van der Waals surface area contributed by atoms with Crippen molar-refractivity contribution in [2.45, 2.75) is 44.0 Å². The largest absolute Gasteiger partial charge is 0.392 e. The Kier molecular flexibility index (Phi) is 4.10. The van der Waals surface area contributed by atoms with Crippen LogP contribution >= 0.6 is 15.9 Å². The number of aliphatic hydroxyl groups excluding tert-OH is 1. The number of carbonyl (C=O) groups is 1. The van der Waals surface area contributed by atoms with E-state index in [0.29, 0.717) is 25.6 Å². The van der Waals surface area contributed by atoms with Crippen molar-refractivity contribution in [2.24, 2.45) is 0 Å². The maximum absolute atomic E-state index is 12.6. The lowest BCUT2D eigenvalue weighted by molar-refractivity contribution is -0.134. The number of aliphatic hydroxyl groups is 1. The van der Waals surface area contributed by atoms with E-state index in [0.717, 1.165) is 22.9 Å². The summed E-state index contributed by atoms with van der Waals surface area (Å²) in [6, 6.07) is 8.16. The van der Waals surface area contributed by atoms with Gasteiger partial charge in [0, 0.05) is 23.6 Å². The van der Waals surface area contributed by atoms with Gasteiger partial charge < -0.3 is 15.3 Å². The van der Waals surface area contributed by atoms with E-state index < -0.39 is 6.10 Å². The van der Waals surface area contributed by atoms with E-state index in [1.54, 1.807) is 0 Å². The lowest BCUT2D eigenvalue weighted by Crippen LogP contribution is -2.44. The van der Waals surface area contributed by atoms with Crippen molar-refractivity contribution < 1.29 is 9.90 Å². The minimum absolute atomic E-state index is 0.125. The van der Waals surface area contributed by atoms with Gasteiger partial charge in [-0.1, -0.05) is 34.1 Å². The molecule has 1 aromatic carbocycles. The highest BCUT2D eigenvalue weighted by molar-refractivity contribution is 9.10. The molecule has 4 nitrogen and oxygen atoms in total. The van der Waals surface area contributed by atoms with Crippen molar-refractivity contribution in [2.75, 3.05) is 6.54 Å². The van der Waals surface area contributed by atoms with E-state index in [2.05, 4.69) is 21.2 Å². The van der Waals surface area contributed by atoms with Crippen LogP contribution < -0.4 is 5.32 Å². The summed E-state index contributed by atoms with van der Waals surface area (Å²) in [5.74, 6) is 0.125. The van der Waals surface area contributed by atoms with Gasteiger partial charge in [-0.05, 0) is 30.9 Å². The lowest BCUT2D eigenvalue weighted by Gasteiger charge is -2.26. The zero-order valence-electron chi connectivity index (χ0n) is 11.3. The summed E-state index contributed by atoms with van der Waals surface area (Å²) in [7, 11) is 0. The van der Waals surface area contributed by atoms with Crippen LogP contribution in [0.1, 0.15) is 24.8 Å². The van der Waals surface area contributed by atoms with E-state index >= 15 is 0 Å². The fourth-order valence-corrected chi connectivity index (χ4v) is 3.10. The van der Waals surface area contributed by atoms with Gasteiger partial charge in [-0.15, -0.1) is 0 Å². The molecule has 3 rings (SSSR count). The number of benzene rings is 1. The molecule has 2 atom stereocenters. The number of hydrogen-bond donors (Lipinski definition) is 2. The zero-order valence-corrected chi connectivity index (χ0v) is 12.8. The summed E-state index contributed by atoms with van der Waals surface area (Å²) in [5, 5.41) is 12.7. The molecule has 2 N–H and O–H groups in total. The van der Waals surface area contributed by atoms with Crippen LogP contribution in [0.4, 0.5) is 0 Å². The first-order chi connectivity index (χ1) is 9.65.